The Hall–Kier alpha value is -2.14. The average Bonchev–Trinajstić information content (AvgIpc) is 2.95. The third-order valence-electron chi connectivity index (χ3n) is 2.78. The van der Waals surface area contributed by atoms with Crippen LogP contribution in [0, 0.1) is 0 Å². The fourth-order valence-electron chi connectivity index (χ4n) is 1.89. The van der Waals surface area contributed by atoms with Gasteiger partial charge in [-0.2, -0.15) is 11.3 Å². The molecule has 1 aliphatic rings. The topological polar surface area (TPSA) is 58.2 Å². The van der Waals surface area contributed by atoms with Gasteiger partial charge in [-0.15, -0.1) is 0 Å². The number of rotatable bonds is 2. The highest BCUT2D eigenvalue weighted by molar-refractivity contribution is 7.08. The standard InChI is InChI=1S/C13H10N2O2S/c16-12-6-8-1-2-9(5-11(8)15-12)13(17)14-10-3-4-18-7-10/h1-5,7H,6H2,(H,14,17)(H,15,16). The molecular weight excluding hydrogens is 248 g/mol. The maximum absolute atomic E-state index is 12.0. The summed E-state index contributed by atoms with van der Waals surface area (Å²) in [5, 5.41) is 9.30. The monoisotopic (exact) mass is 258 g/mol. The van der Waals surface area contributed by atoms with Gasteiger partial charge in [-0.1, -0.05) is 6.07 Å². The summed E-state index contributed by atoms with van der Waals surface area (Å²) in [7, 11) is 0. The molecule has 0 radical (unpaired) electrons. The minimum atomic E-state index is -0.169. The van der Waals surface area contributed by atoms with Crippen molar-refractivity contribution in [3.05, 3.63) is 46.2 Å². The van der Waals surface area contributed by atoms with E-state index in [1.54, 1.807) is 12.1 Å². The molecule has 0 fully saturated rings. The summed E-state index contributed by atoms with van der Waals surface area (Å²) >= 11 is 1.53. The number of hydrogen-bond acceptors (Lipinski definition) is 3. The van der Waals surface area contributed by atoms with Crippen LogP contribution in [0.25, 0.3) is 0 Å². The molecule has 0 unspecified atom stereocenters. The number of nitrogens with one attached hydrogen (secondary N) is 2. The van der Waals surface area contributed by atoms with Crippen LogP contribution in [0.1, 0.15) is 15.9 Å². The van der Waals surface area contributed by atoms with Crippen LogP contribution < -0.4 is 10.6 Å². The Morgan fingerprint density at radius 3 is 3.00 bits per heavy atom. The van der Waals surface area contributed by atoms with Gasteiger partial charge < -0.3 is 10.6 Å². The van der Waals surface area contributed by atoms with Gasteiger partial charge in [0.05, 0.1) is 12.1 Å². The van der Waals surface area contributed by atoms with Gasteiger partial charge in [0, 0.05) is 16.6 Å². The molecule has 0 atom stereocenters. The smallest absolute Gasteiger partial charge is 0.255 e. The van der Waals surface area contributed by atoms with Crippen molar-refractivity contribution in [1.29, 1.82) is 0 Å². The van der Waals surface area contributed by atoms with Gasteiger partial charge in [0.25, 0.3) is 5.91 Å². The Balaban J connectivity index is 1.83. The highest BCUT2D eigenvalue weighted by Crippen LogP contribution is 2.24. The fraction of sp³-hybridized carbons (Fsp3) is 0.0769. The molecule has 2 aromatic rings. The van der Waals surface area contributed by atoms with E-state index in [4.69, 9.17) is 0 Å². The summed E-state index contributed by atoms with van der Waals surface area (Å²) in [4.78, 5) is 23.2. The summed E-state index contributed by atoms with van der Waals surface area (Å²) in [6.07, 6.45) is 0.391. The van der Waals surface area contributed by atoms with E-state index in [-0.39, 0.29) is 11.8 Å². The van der Waals surface area contributed by atoms with Crippen LogP contribution in [0.15, 0.2) is 35.0 Å². The molecule has 0 spiro atoms. The first-order valence-corrected chi connectivity index (χ1v) is 6.43. The lowest BCUT2D eigenvalue weighted by atomic mass is 10.1. The zero-order chi connectivity index (χ0) is 12.5. The highest BCUT2D eigenvalue weighted by atomic mass is 32.1. The van der Waals surface area contributed by atoms with E-state index >= 15 is 0 Å². The first-order chi connectivity index (χ1) is 8.72. The number of benzene rings is 1. The molecule has 90 valence electrons. The molecule has 1 aromatic heterocycles. The molecule has 2 heterocycles. The van der Waals surface area contributed by atoms with Crippen molar-refractivity contribution in [2.45, 2.75) is 6.42 Å². The van der Waals surface area contributed by atoms with Crippen molar-refractivity contribution in [2.75, 3.05) is 10.6 Å². The molecule has 0 aliphatic carbocycles. The second-order valence-electron chi connectivity index (χ2n) is 4.06. The third kappa shape index (κ3) is 2.00. The number of fused-ring (bicyclic) bond motifs is 1. The van der Waals surface area contributed by atoms with Crippen LogP contribution >= 0.6 is 11.3 Å². The van der Waals surface area contributed by atoms with E-state index in [1.807, 2.05) is 22.9 Å². The molecule has 2 amide bonds. The lowest BCUT2D eigenvalue weighted by Gasteiger charge is -2.05. The first kappa shape index (κ1) is 11.0. The van der Waals surface area contributed by atoms with Crippen LogP contribution in [0.2, 0.25) is 0 Å². The number of hydrogen-bond donors (Lipinski definition) is 2. The number of amides is 2. The summed E-state index contributed by atoms with van der Waals surface area (Å²) < 4.78 is 0. The maximum atomic E-state index is 12.0. The Kier molecular flexibility index (Phi) is 2.60. The van der Waals surface area contributed by atoms with E-state index in [0.717, 1.165) is 16.9 Å². The van der Waals surface area contributed by atoms with Crippen LogP contribution in [-0.4, -0.2) is 11.8 Å². The molecule has 2 N–H and O–H groups in total. The van der Waals surface area contributed by atoms with Crippen molar-refractivity contribution in [2.24, 2.45) is 0 Å². The second kappa shape index (κ2) is 4.27. The number of thiophene rings is 1. The summed E-state index contributed by atoms with van der Waals surface area (Å²) in [5.41, 5.74) is 3.00. The Labute approximate surface area is 108 Å². The maximum Gasteiger partial charge on any atom is 0.255 e. The first-order valence-electron chi connectivity index (χ1n) is 5.49. The lowest BCUT2D eigenvalue weighted by Crippen LogP contribution is -2.11. The SMILES string of the molecule is O=C1Cc2ccc(C(=O)Nc3ccsc3)cc2N1. The average molecular weight is 258 g/mol. The van der Waals surface area contributed by atoms with E-state index in [9.17, 15) is 9.59 Å². The molecule has 1 aliphatic heterocycles. The van der Waals surface area contributed by atoms with Crippen molar-refractivity contribution < 1.29 is 9.59 Å². The third-order valence-corrected chi connectivity index (χ3v) is 3.46. The summed E-state index contributed by atoms with van der Waals surface area (Å²) in [6, 6.07) is 7.11. The van der Waals surface area contributed by atoms with Crippen molar-refractivity contribution in [1.82, 2.24) is 0 Å². The van der Waals surface area contributed by atoms with Gasteiger partial charge in [0.15, 0.2) is 0 Å². The van der Waals surface area contributed by atoms with E-state index in [1.165, 1.54) is 11.3 Å². The van der Waals surface area contributed by atoms with Crippen molar-refractivity contribution in [3.63, 3.8) is 0 Å². The molecule has 0 saturated heterocycles. The van der Waals surface area contributed by atoms with Gasteiger partial charge in [0.1, 0.15) is 0 Å². The highest BCUT2D eigenvalue weighted by Gasteiger charge is 2.19. The predicted octanol–water partition coefficient (Wildman–Crippen LogP) is 2.50. The molecule has 0 saturated carbocycles. The number of carbonyl (C=O) groups excluding carboxylic acids is 2. The number of anilines is 2. The predicted molar refractivity (Wildman–Crippen MR) is 71.0 cm³/mol. The van der Waals surface area contributed by atoms with Crippen molar-refractivity contribution in [3.8, 4) is 0 Å². The van der Waals surface area contributed by atoms with E-state index in [2.05, 4.69) is 10.6 Å². The van der Waals surface area contributed by atoms with E-state index < -0.39 is 0 Å². The zero-order valence-electron chi connectivity index (χ0n) is 9.40. The van der Waals surface area contributed by atoms with Crippen molar-refractivity contribution >= 4 is 34.5 Å². The van der Waals surface area contributed by atoms with Gasteiger partial charge in [0.2, 0.25) is 5.91 Å². The quantitative estimate of drug-likeness (QED) is 0.869. The Morgan fingerprint density at radius 1 is 1.33 bits per heavy atom. The van der Waals surface area contributed by atoms with Gasteiger partial charge in [-0.05, 0) is 29.1 Å². The molecule has 18 heavy (non-hydrogen) atoms. The van der Waals surface area contributed by atoms with Crippen LogP contribution in [0.4, 0.5) is 11.4 Å². The molecular formula is C13H10N2O2S. The van der Waals surface area contributed by atoms with Gasteiger partial charge in [-0.25, -0.2) is 0 Å². The van der Waals surface area contributed by atoms with Gasteiger partial charge >= 0.3 is 0 Å². The molecule has 5 heteroatoms. The Bertz CT molecular complexity index is 620. The normalized spacial score (nSPS) is 13.0. The summed E-state index contributed by atoms with van der Waals surface area (Å²) in [6.45, 7) is 0. The molecule has 4 nitrogen and oxygen atoms in total. The zero-order valence-corrected chi connectivity index (χ0v) is 10.2. The largest absolute Gasteiger partial charge is 0.326 e. The Morgan fingerprint density at radius 2 is 2.22 bits per heavy atom. The lowest BCUT2D eigenvalue weighted by molar-refractivity contribution is -0.115. The van der Waals surface area contributed by atoms with Crippen LogP contribution in [0.5, 0.6) is 0 Å². The van der Waals surface area contributed by atoms with Crippen LogP contribution in [0.3, 0.4) is 0 Å². The van der Waals surface area contributed by atoms with Gasteiger partial charge in [-0.3, -0.25) is 9.59 Å². The van der Waals surface area contributed by atoms with E-state index in [0.29, 0.717) is 12.0 Å². The number of carbonyl (C=O) groups is 2. The molecule has 1 aromatic carbocycles. The van der Waals surface area contributed by atoms with Crippen LogP contribution in [-0.2, 0) is 11.2 Å². The minimum Gasteiger partial charge on any atom is -0.326 e. The summed E-state index contributed by atoms with van der Waals surface area (Å²) in [5.74, 6) is -0.197. The fourth-order valence-corrected chi connectivity index (χ4v) is 2.48. The second-order valence-corrected chi connectivity index (χ2v) is 4.84. The molecule has 3 rings (SSSR count). The minimum absolute atomic E-state index is 0.0274. The molecule has 0 bridgehead atoms.